The number of aromatic nitrogens is 2. The Kier molecular flexibility index (Phi) is 5.28. The second-order valence-corrected chi connectivity index (χ2v) is 7.05. The van der Waals surface area contributed by atoms with Crippen molar-refractivity contribution >= 4 is 23.0 Å². The van der Waals surface area contributed by atoms with E-state index >= 15 is 0 Å². The summed E-state index contributed by atoms with van der Waals surface area (Å²) in [6, 6.07) is 20.9. The number of nitrogens with one attached hydrogen (secondary N) is 1. The molecule has 28 heavy (non-hydrogen) atoms. The lowest BCUT2D eigenvalue weighted by molar-refractivity contribution is 0.647. The van der Waals surface area contributed by atoms with E-state index in [0.29, 0.717) is 11.5 Å². The number of piperazine rings is 1. The third-order valence-corrected chi connectivity index (χ3v) is 5.22. The lowest BCUT2D eigenvalue weighted by Crippen LogP contribution is -2.47. The van der Waals surface area contributed by atoms with Gasteiger partial charge in [-0.25, -0.2) is 9.97 Å². The summed E-state index contributed by atoms with van der Waals surface area (Å²) in [4.78, 5) is 13.5. The van der Waals surface area contributed by atoms with Gasteiger partial charge in [-0.15, -0.1) is 0 Å². The van der Waals surface area contributed by atoms with Crippen LogP contribution in [0.2, 0.25) is 0 Å². The summed E-state index contributed by atoms with van der Waals surface area (Å²) in [7, 11) is 0. The maximum absolute atomic E-state index is 6.44. The van der Waals surface area contributed by atoms with E-state index in [2.05, 4.69) is 68.4 Å². The summed E-state index contributed by atoms with van der Waals surface area (Å²) in [6.07, 6.45) is 1.59. The topological polar surface area (TPSA) is 70.3 Å². The van der Waals surface area contributed by atoms with E-state index in [9.17, 15) is 0 Å². The van der Waals surface area contributed by atoms with Crippen LogP contribution in [-0.4, -0.2) is 36.1 Å². The van der Waals surface area contributed by atoms with Crippen LogP contribution in [0.1, 0.15) is 18.5 Å². The molecule has 1 fully saturated rings. The quantitative estimate of drug-likeness (QED) is 0.712. The van der Waals surface area contributed by atoms with Crippen molar-refractivity contribution in [2.45, 2.75) is 13.0 Å². The van der Waals surface area contributed by atoms with E-state index in [1.54, 1.807) is 6.33 Å². The van der Waals surface area contributed by atoms with Crippen molar-refractivity contribution in [3.05, 3.63) is 72.6 Å². The molecule has 0 radical (unpaired) electrons. The monoisotopic (exact) mass is 374 g/mol. The average molecular weight is 374 g/mol. The molecule has 1 atom stereocenters. The van der Waals surface area contributed by atoms with Gasteiger partial charge in [0.25, 0.3) is 0 Å². The molecule has 6 nitrogen and oxygen atoms in total. The minimum atomic E-state index is 0.112. The molecule has 6 heteroatoms. The number of nitrogen functional groups attached to an aromatic ring is 1. The largest absolute Gasteiger partial charge is 0.393 e. The Hall–Kier alpha value is -3.28. The Bertz CT molecular complexity index is 891. The highest BCUT2D eigenvalue weighted by molar-refractivity contribution is 5.75. The van der Waals surface area contributed by atoms with Gasteiger partial charge >= 0.3 is 0 Å². The van der Waals surface area contributed by atoms with Crippen molar-refractivity contribution < 1.29 is 0 Å². The molecule has 4 rings (SSSR count). The van der Waals surface area contributed by atoms with Gasteiger partial charge in [0.05, 0.1) is 6.04 Å². The van der Waals surface area contributed by atoms with Gasteiger partial charge in [-0.3, -0.25) is 0 Å². The minimum Gasteiger partial charge on any atom is -0.393 e. The molecule has 0 aliphatic carbocycles. The molecule has 3 N–H and O–H groups in total. The molecule has 0 spiro atoms. The SMILES string of the molecule is CC(Nc1ncnc(N2CCN(c3ccccc3)CC2)c1N)c1ccccc1. The first-order valence-electron chi connectivity index (χ1n) is 9.69. The smallest absolute Gasteiger partial charge is 0.157 e. The van der Waals surface area contributed by atoms with Crippen LogP contribution in [0.5, 0.6) is 0 Å². The van der Waals surface area contributed by atoms with E-state index in [-0.39, 0.29) is 6.04 Å². The van der Waals surface area contributed by atoms with Crippen LogP contribution in [0.25, 0.3) is 0 Å². The Labute approximate surface area is 166 Å². The highest BCUT2D eigenvalue weighted by Gasteiger charge is 2.22. The number of rotatable bonds is 5. The van der Waals surface area contributed by atoms with E-state index in [1.165, 1.54) is 11.3 Å². The Morgan fingerprint density at radius 2 is 1.46 bits per heavy atom. The fourth-order valence-corrected chi connectivity index (χ4v) is 3.60. The number of hydrogen-bond acceptors (Lipinski definition) is 6. The fraction of sp³-hybridized carbons (Fsp3) is 0.273. The number of benzene rings is 2. The second kappa shape index (κ2) is 8.17. The molecule has 2 aromatic carbocycles. The normalized spacial score (nSPS) is 15.3. The second-order valence-electron chi connectivity index (χ2n) is 7.05. The lowest BCUT2D eigenvalue weighted by Gasteiger charge is -2.37. The first-order valence-corrected chi connectivity index (χ1v) is 9.69. The Morgan fingerprint density at radius 3 is 2.14 bits per heavy atom. The van der Waals surface area contributed by atoms with Crippen LogP contribution in [0.4, 0.5) is 23.0 Å². The molecule has 1 unspecified atom stereocenters. The summed E-state index contributed by atoms with van der Waals surface area (Å²) in [5, 5.41) is 3.43. The average Bonchev–Trinajstić information content (AvgIpc) is 2.76. The molecule has 1 aromatic heterocycles. The summed E-state index contributed by atoms with van der Waals surface area (Å²) in [5.74, 6) is 1.50. The van der Waals surface area contributed by atoms with Gasteiger partial charge in [0.2, 0.25) is 0 Å². The lowest BCUT2D eigenvalue weighted by atomic mass is 10.1. The third-order valence-electron chi connectivity index (χ3n) is 5.22. The van der Waals surface area contributed by atoms with E-state index in [1.807, 2.05) is 24.3 Å². The molecule has 3 aromatic rings. The molecular formula is C22H26N6. The number of anilines is 4. The van der Waals surface area contributed by atoms with Crippen molar-refractivity contribution in [1.82, 2.24) is 9.97 Å². The summed E-state index contributed by atoms with van der Waals surface area (Å²) >= 11 is 0. The van der Waals surface area contributed by atoms with Crippen LogP contribution in [0.3, 0.4) is 0 Å². The predicted octanol–water partition coefficient (Wildman–Crippen LogP) is 3.56. The Morgan fingerprint density at radius 1 is 0.857 bits per heavy atom. The van der Waals surface area contributed by atoms with Gasteiger partial charge in [0.15, 0.2) is 11.6 Å². The van der Waals surface area contributed by atoms with Gasteiger partial charge in [-0.2, -0.15) is 0 Å². The van der Waals surface area contributed by atoms with Gasteiger partial charge in [0, 0.05) is 31.9 Å². The Balaban J connectivity index is 1.45. The molecule has 144 valence electrons. The summed E-state index contributed by atoms with van der Waals surface area (Å²) in [5.41, 5.74) is 9.51. The highest BCUT2D eigenvalue weighted by atomic mass is 15.3. The maximum Gasteiger partial charge on any atom is 0.157 e. The van der Waals surface area contributed by atoms with Crippen LogP contribution >= 0.6 is 0 Å². The van der Waals surface area contributed by atoms with Crippen molar-refractivity contribution in [3.8, 4) is 0 Å². The summed E-state index contributed by atoms with van der Waals surface area (Å²) in [6.45, 7) is 5.75. The van der Waals surface area contributed by atoms with Gasteiger partial charge in [0.1, 0.15) is 12.0 Å². The first kappa shape index (κ1) is 18.1. The van der Waals surface area contributed by atoms with Crippen LogP contribution in [-0.2, 0) is 0 Å². The molecule has 0 saturated carbocycles. The predicted molar refractivity (Wildman–Crippen MR) is 116 cm³/mol. The molecule has 1 aliphatic heterocycles. The van der Waals surface area contributed by atoms with E-state index < -0.39 is 0 Å². The number of nitrogens with zero attached hydrogens (tertiary/aromatic N) is 4. The van der Waals surface area contributed by atoms with Crippen LogP contribution < -0.4 is 20.9 Å². The maximum atomic E-state index is 6.44. The number of nitrogens with two attached hydrogens (primary N) is 1. The van der Waals surface area contributed by atoms with E-state index in [4.69, 9.17) is 5.73 Å². The standard InChI is InChI=1S/C22H26N6/c1-17(18-8-4-2-5-9-18)26-21-20(23)22(25-16-24-21)28-14-12-27(13-15-28)19-10-6-3-7-11-19/h2-11,16-17H,12-15,23H2,1H3,(H,24,25,26). The molecule has 0 amide bonds. The number of hydrogen-bond donors (Lipinski definition) is 2. The highest BCUT2D eigenvalue weighted by Crippen LogP contribution is 2.30. The summed E-state index contributed by atoms with van der Waals surface area (Å²) < 4.78 is 0. The molecule has 1 saturated heterocycles. The molecule has 1 aliphatic rings. The van der Waals surface area contributed by atoms with Crippen LogP contribution in [0.15, 0.2) is 67.0 Å². The first-order chi connectivity index (χ1) is 13.7. The molecular weight excluding hydrogens is 348 g/mol. The van der Waals surface area contributed by atoms with Crippen molar-refractivity contribution in [3.63, 3.8) is 0 Å². The minimum absolute atomic E-state index is 0.112. The van der Waals surface area contributed by atoms with Gasteiger partial charge in [-0.05, 0) is 24.6 Å². The van der Waals surface area contributed by atoms with Crippen molar-refractivity contribution in [1.29, 1.82) is 0 Å². The third kappa shape index (κ3) is 3.86. The molecule has 0 bridgehead atoms. The van der Waals surface area contributed by atoms with Gasteiger partial charge in [-0.1, -0.05) is 48.5 Å². The van der Waals surface area contributed by atoms with Crippen molar-refractivity contribution in [2.24, 2.45) is 0 Å². The van der Waals surface area contributed by atoms with Gasteiger partial charge < -0.3 is 20.9 Å². The zero-order valence-corrected chi connectivity index (χ0v) is 16.1. The zero-order chi connectivity index (χ0) is 19.3. The fourth-order valence-electron chi connectivity index (χ4n) is 3.60. The van der Waals surface area contributed by atoms with Crippen molar-refractivity contribution in [2.75, 3.05) is 47.0 Å². The molecule has 2 heterocycles. The zero-order valence-electron chi connectivity index (χ0n) is 16.1. The number of para-hydroxylation sites is 1. The van der Waals surface area contributed by atoms with Crippen LogP contribution in [0, 0.1) is 0 Å². The van der Waals surface area contributed by atoms with E-state index in [0.717, 1.165) is 32.0 Å².